The number of methoxy groups -OCH3 is 3. The van der Waals surface area contributed by atoms with Gasteiger partial charge in [-0.05, 0) is 55.0 Å². The molecule has 1 aliphatic heterocycles. The number of hydrogen-bond donors (Lipinski definition) is 0. The Kier molecular flexibility index (Phi) is 5.99. The molecule has 4 rings (SSSR count). The van der Waals surface area contributed by atoms with E-state index in [1.807, 2.05) is 0 Å². The summed E-state index contributed by atoms with van der Waals surface area (Å²) in [6.07, 6.45) is 4.61. The van der Waals surface area contributed by atoms with E-state index in [4.69, 9.17) is 23.7 Å². The maximum atomic E-state index is 12.9. The molecule has 2 aromatic carbocycles. The molecule has 0 atom stereocenters. The molecule has 0 N–H and O–H groups in total. The van der Waals surface area contributed by atoms with Crippen LogP contribution in [0, 0.1) is 6.92 Å². The number of esters is 1. The number of rotatable bonds is 6. The van der Waals surface area contributed by atoms with Crippen LogP contribution in [0.15, 0.2) is 54.6 Å². The van der Waals surface area contributed by atoms with Crippen LogP contribution in [-0.4, -0.2) is 38.1 Å². The molecule has 168 valence electrons. The topological polar surface area (TPSA) is 93.2 Å². The van der Waals surface area contributed by atoms with E-state index in [0.717, 1.165) is 0 Å². The smallest absolute Gasteiger partial charge is 0.343 e. The first kappa shape index (κ1) is 21.9. The molecule has 1 aliphatic rings. The number of Topliss-reactive ketones (excluding diaryl/α,β-unsaturated/α-hetero) is 1. The van der Waals surface area contributed by atoms with Crippen LogP contribution < -0.4 is 23.7 Å². The Balaban J connectivity index is 1.64. The van der Waals surface area contributed by atoms with Crippen LogP contribution in [0.5, 0.6) is 28.7 Å². The lowest BCUT2D eigenvalue weighted by molar-refractivity contribution is 0.0733. The summed E-state index contributed by atoms with van der Waals surface area (Å²) in [7, 11) is 4.54. The van der Waals surface area contributed by atoms with Gasteiger partial charge >= 0.3 is 5.97 Å². The van der Waals surface area contributed by atoms with Crippen LogP contribution in [0.25, 0.3) is 6.08 Å². The van der Waals surface area contributed by atoms with Crippen molar-refractivity contribution in [1.82, 2.24) is 4.98 Å². The van der Waals surface area contributed by atoms with Gasteiger partial charge < -0.3 is 23.7 Å². The van der Waals surface area contributed by atoms with Gasteiger partial charge in [0.1, 0.15) is 11.5 Å². The Morgan fingerprint density at radius 1 is 0.939 bits per heavy atom. The van der Waals surface area contributed by atoms with E-state index in [1.54, 1.807) is 49.4 Å². The number of pyridine rings is 1. The molecule has 0 saturated carbocycles. The van der Waals surface area contributed by atoms with E-state index in [9.17, 15) is 9.59 Å². The van der Waals surface area contributed by atoms with E-state index < -0.39 is 5.97 Å². The molecule has 33 heavy (non-hydrogen) atoms. The second kappa shape index (κ2) is 9.04. The number of carbonyl (C=O) groups excluding carboxylic acids is 2. The molecular formula is C25H21NO7. The third kappa shape index (κ3) is 4.10. The van der Waals surface area contributed by atoms with Crippen molar-refractivity contribution < 1.29 is 33.3 Å². The van der Waals surface area contributed by atoms with Crippen LogP contribution in [0.4, 0.5) is 0 Å². The maximum absolute atomic E-state index is 12.9. The van der Waals surface area contributed by atoms with Gasteiger partial charge in [0.15, 0.2) is 17.3 Å². The molecule has 0 bridgehead atoms. The first-order chi connectivity index (χ1) is 16.0. The van der Waals surface area contributed by atoms with Gasteiger partial charge in [0, 0.05) is 18.0 Å². The number of nitrogens with zero attached hydrogens (tertiary/aromatic N) is 1. The normalized spacial score (nSPS) is 13.3. The summed E-state index contributed by atoms with van der Waals surface area (Å²) in [5.41, 5.74) is 1.92. The van der Waals surface area contributed by atoms with E-state index in [-0.39, 0.29) is 11.5 Å². The largest absolute Gasteiger partial charge is 0.493 e. The maximum Gasteiger partial charge on any atom is 0.343 e. The van der Waals surface area contributed by atoms with Crippen molar-refractivity contribution in [2.45, 2.75) is 6.92 Å². The molecule has 3 aromatic rings. The highest BCUT2D eigenvalue weighted by molar-refractivity contribution is 6.15. The van der Waals surface area contributed by atoms with Crippen molar-refractivity contribution in [3.8, 4) is 28.7 Å². The molecule has 0 aliphatic carbocycles. The Morgan fingerprint density at radius 3 is 2.21 bits per heavy atom. The van der Waals surface area contributed by atoms with Gasteiger partial charge in [-0.15, -0.1) is 0 Å². The van der Waals surface area contributed by atoms with Crippen LogP contribution in [0.1, 0.15) is 31.8 Å². The predicted molar refractivity (Wildman–Crippen MR) is 119 cm³/mol. The van der Waals surface area contributed by atoms with Crippen LogP contribution in [-0.2, 0) is 0 Å². The standard InChI is InChI=1S/C25H21NO7/c1-14-18(33-25(28)16-7-9-26-10-8-16)6-5-17-22(27)19(32-23(14)17)11-15-12-20(29-2)24(31-4)21(13-15)30-3/h5-13H,1-4H3/b19-11-. The fraction of sp³-hybridized carbons (Fsp3) is 0.160. The number of fused-ring (bicyclic) bond motifs is 1. The minimum Gasteiger partial charge on any atom is -0.493 e. The van der Waals surface area contributed by atoms with Crippen LogP contribution >= 0.6 is 0 Å². The van der Waals surface area contributed by atoms with Gasteiger partial charge in [-0.25, -0.2) is 4.79 Å². The van der Waals surface area contributed by atoms with Crippen molar-refractivity contribution >= 4 is 17.8 Å². The summed E-state index contributed by atoms with van der Waals surface area (Å²) in [6, 6.07) is 9.70. The van der Waals surface area contributed by atoms with Crippen molar-refractivity contribution in [3.63, 3.8) is 0 Å². The van der Waals surface area contributed by atoms with E-state index >= 15 is 0 Å². The molecule has 2 heterocycles. The second-order valence-electron chi connectivity index (χ2n) is 7.09. The van der Waals surface area contributed by atoms with Crippen molar-refractivity contribution in [2.75, 3.05) is 21.3 Å². The molecule has 0 amide bonds. The number of carbonyl (C=O) groups is 2. The van der Waals surface area contributed by atoms with E-state index in [1.165, 1.54) is 33.7 Å². The van der Waals surface area contributed by atoms with Crippen molar-refractivity contribution in [1.29, 1.82) is 0 Å². The van der Waals surface area contributed by atoms with Gasteiger partial charge in [-0.3, -0.25) is 9.78 Å². The van der Waals surface area contributed by atoms with E-state index in [2.05, 4.69) is 4.98 Å². The number of allylic oxidation sites excluding steroid dienone is 1. The lowest BCUT2D eigenvalue weighted by Gasteiger charge is -2.13. The number of ketones is 1. The molecule has 0 unspecified atom stereocenters. The lowest BCUT2D eigenvalue weighted by atomic mass is 10.1. The molecule has 8 heteroatoms. The van der Waals surface area contributed by atoms with Gasteiger partial charge in [0.05, 0.1) is 32.5 Å². The summed E-state index contributed by atoms with van der Waals surface area (Å²) in [4.78, 5) is 29.2. The fourth-order valence-electron chi connectivity index (χ4n) is 3.46. The van der Waals surface area contributed by atoms with Gasteiger partial charge in [0.25, 0.3) is 0 Å². The summed E-state index contributed by atoms with van der Waals surface area (Å²) in [6.45, 7) is 1.73. The van der Waals surface area contributed by atoms with Gasteiger partial charge in [-0.2, -0.15) is 0 Å². The first-order valence-electron chi connectivity index (χ1n) is 9.97. The predicted octanol–water partition coefficient (Wildman–Crippen LogP) is 4.25. The van der Waals surface area contributed by atoms with Crippen molar-refractivity contribution in [2.24, 2.45) is 0 Å². The van der Waals surface area contributed by atoms with Crippen LogP contribution in [0.3, 0.4) is 0 Å². The number of hydrogen-bond acceptors (Lipinski definition) is 8. The number of ether oxygens (including phenoxy) is 5. The van der Waals surface area contributed by atoms with Crippen molar-refractivity contribution in [3.05, 3.63) is 76.8 Å². The lowest BCUT2D eigenvalue weighted by Crippen LogP contribution is -2.09. The minimum atomic E-state index is -0.530. The molecule has 1 aromatic heterocycles. The van der Waals surface area contributed by atoms with E-state index in [0.29, 0.717) is 51.0 Å². The highest BCUT2D eigenvalue weighted by Gasteiger charge is 2.31. The summed E-state index contributed by atoms with van der Waals surface area (Å²) < 4.78 is 27.5. The molecule has 0 radical (unpaired) electrons. The minimum absolute atomic E-state index is 0.125. The monoisotopic (exact) mass is 447 g/mol. The zero-order chi connectivity index (χ0) is 23.5. The Labute approximate surface area is 190 Å². The average Bonchev–Trinajstić information content (AvgIpc) is 3.16. The third-order valence-corrected chi connectivity index (χ3v) is 5.14. The average molecular weight is 447 g/mol. The summed E-state index contributed by atoms with van der Waals surface area (Å²) >= 11 is 0. The molecule has 0 saturated heterocycles. The zero-order valence-corrected chi connectivity index (χ0v) is 18.5. The molecule has 8 nitrogen and oxygen atoms in total. The molecular weight excluding hydrogens is 426 g/mol. The SMILES string of the molecule is COc1cc(/C=C2\Oc3c(ccc(OC(=O)c4ccncc4)c3C)C2=O)cc(OC)c1OC. The highest BCUT2D eigenvalue weighted by atomic mass is 16.5. The Bertz CT molecular complexity index is 1240. The fourth-order valence-corrected chi connectivity index (χ4v) is 3.46. The zero-order valence-electron chi connectivity index (χ0n) is 18.5. The second-order valence-corrected chi connectivity index (χ2v) is 7.09. The highest BCUT2D eigenvalue weighted by Crippen LogP contribution is 2.41. The van der Waals surface area contributed by atoms with Gasteiger partial charge in [-0.1, -0.05) is 0 Å². The number of benzene rings is 2. The van der Waals surface area contributed by atoms with Gasteiger partial charge in [0.2, 0.25) is 11.5 Å². The summed E-state index contributed by atoms with van der Waals surface area (Å²) in [5.74, 6) is 1.31. The van der Waals surface area contributed by atoms with Crippen LogP contribution in [0.2, 0.25) is 0 Å². The third-order valence-electron chi connectivity index (χ3n) is 5.14. The summed E-state index contributed by atoms with van der Waals surface area (Å²) in [5, 5.41) is 0. The Hall–Kier alpha value is -4.33. The quantitative estimate of drug-likeness (QED) is 0.315. The Morgan fingerprint density at radius 2 is 1.61 bits per heavy atom. The number of aromatic nitrogens is 1. The molecule has 0 fully saturated rings. The molecule has 0 spiro atoms. The first-order valence-corrected chi connectivity index (χ1v) is 9.97.